The average molecular weight is 423 g/mol. The molecule has 32 heavy (non-hydrogen) atoms. The molecule has 3 aliphatic carbocycles. The molecule has 0 aliphatic heterocycles. The van der Waals surface area contributed by atoms with Crippen molar-refractivity contribution in [1.82, 2.24) is 14.1 Å². The Kier molecular flexibility index (Phi) is 3.62. The Morgan fingerprint density at radius 3 is 2.50 bits per heavy atom. The molecule has 2 aromatic heterocycles. The van der Waals surface area contributed by atoms with Crippen molar-refractivity contribution in [2.45, 2.75) is 38.6 Å². The first-order valence-corrected chi connectivity index (χ1v) is 11.7. The van der Waals surface area contributed by atoms with Crippen LogP contribution < -0.4 is 11.0 Å². The van der Waals surface area contributed by atoms with Crippen LogP contribution in [0.5, 0.6) is 0 Å². The van der Waals surface area contributed by atoms with E-state index in [9.17, 15) is 4.79 Å². The fourth-order valence-electron chi connectivity index (χ4n) is 6.52. The molecule has 160 valence electrons. The number of hydrogen-bond acceptors (Lipinski definition) is 3. The molecule has 1 N–H and O–H groups in total. The number of anilines is 2. The molecule has 3 fully saturated rings. The molecular weight excluding hydrogens is 396 g/mol. The van der Waals surface area contributed by atoms with Crippen LogP contribution in [0.25, 0.3) is 16.9 Å². The van der Waals surface area contributed by atoms with Crippen molar-refractivity contribution in [3.05, 3.63) is 82.8 Å². The highest BCUT2D eigenvalue weighted by molar-refractivity contribution is 5.77. The van der Waals surface area contributed by atoms with Gasteiger partial charge in [0.05, 0.1) is 11.2 Å². The third kappa shape index (κ3) is 2.45. The molecule has 4 unspecified atom stereocenters. The second-order valence-corrected chi connectivity index (χ2v) is 9.94. The van der Waals surface area contributed by atoms with Crippen molar-refractivity contribution in [2.75, 3.05) is 5.32 Å². The number of hydrogen-bond donors (Lipinski definition) is 1. The highest BCUT2D eigenvalue weighted by Crippen LogP contribution is 2.78. The van der Waals surface area contributed by atoms with Crippen LogP contribution in [0.1, 0.15) is 37.3 Å². The van der Waals surface area contributed by atoms with Gasteiger partial charge < -0.3 is 5.32 Å². The highest BCUT2D eigenvalue weighted by Gasteiger charge is 2.71. The smallest absolute Gasteiger partial charge is 0.335 e. The summed E-state index contributed by atoms with van der Waals surface area (Å²) in [6, 6.07) is 22.6. The molecule has 0 bridgehead atoms. The lowest BCUT2D eigenvalue weighted by molar-refractivity contribution is 0.163. The van der Waals surface area contributed by atoms with Gasteiger partial charge in [0.1, 0.15) is 5.82 Å². The first kappa shape index (κ1) is 18.3. The van der Waals surface area contributed by atoms with Crippen molar-refractivity contribution in [3.63, 3.8) is 0 Å². The van der Waals surface area contributed by atoms with Gasteiger partial charge in [0.25, 0.3) is 0 Å². The number of benzene rings is 2. The number of fused-ring (bicyclic) bond motifs is 1. The number of nitrogens with zero attached hydrogens (tertiary/aromatic N) is 3. The Morgan fingerprint density at radius 1 is 1.03 bits per heavy atom. The van der Waals surface area contributed by atoms with E-state index in [0.717, 1.165) is 40.7 Å². The van der Waals surface area contributed by atoms with Gasteiger partial charge in [0.15, 0.2) is 5.65 Å². The summed E-state index contributed by atoms with van der Waals surface area (Å²) in [5, 5.41) is 3.39. The Labute approximate surface area is 186 Å². The van der Waals surface area contributed by atoms with E-state index in [-0.39, 0.29) is 5.69 Å². The maximum atomic E-state index is 13.9. The lowest BCUT2D eigenvalue weighted by Gasteiger charge is -2.33. The molecule has 3 saturated carbocycles. The normalized spacial score (nSPS) is 27.6. The SMILES string of the molecule is Cc1ccc(-n2c(=O)n(C3CC4CCC45CC35)c3ccc(Nc4ccccc4)nc32)cc1. The van der Waals surface area contributed by atoms with Crippen molar-refractivity contribution >= 4 is 22.7 Å². The first-order chi connectivity index (χ1) is 15.6. The van der Waals surface area contributed by atoms with Crippen molar-refractivity contribution in [2.24, 2.45) is 17.3 Å². The summed E-state index contributed by atoms with van der Waals surface area (Å²) in [6.07, 6.45) is 5.13. The standard InChI is InChI=1S/C27H26N4O/c1-17-7-9-20(10-8-17)30-25-22(11-12-24(29-25)28-19-5-3-2-4-6-19)31(26(30)32)23-15-18-13-14-27(18)16-21(23)27/h2-12,18,21,23H,13-16H2,1H3,(H,28,29). The average Bonchev–Trinajstić information content (AvgIpc) is 3.45. The zero-order valence-electron chi connectivity index (χ0n) is 18.2. The Bertz CT molecular complexity index is 1400. The maximum absolute atomic E-state index is 13.9. The molecule has 3 aliphatic rings. The third-order valence-corrected chi connectivity index (χ3v) is 8.33. The molecule has 0 amide bonds. The van der Waals surface area contributed by atoms with Gasteiger partial charge in [-0.3, -0.25) is 4.57 Å². The van der Waals surface area contributed by atoms with Crippen LogP contribution in [0, 0.1) is 24.2 Å². The van der Waals surface area contributed by atoms with Crippen LogP contribution in [0.3, 0.4) is 0 Å². The molecular formula is C27H26N4O. The largest absolute Gasteiger partial charge is 0.340 e. The topological polar surface area (TPSA) is 51.9 Å². The quantitative estimate of drug-likeness (QED) is 0.466. The lowest BCUT2D eigenvalue weighted by Crippen LogP contribution is -2.27. The summed E-state index contributed by atoms with van der Waals surface area (Å²) in [7, 11) is 0. The van der Waals surface area contributed by atoms with Gasteiger partial charge in [-0.2, -0.15) is 0 Å². The first-order valence-electron chi connectivity index (χ1n) is 11.7. The highest BCUT2D eigenvalue weighted by atomic mass is 16.2. The van der Waals surface area contributed by atoms with Crippen LogP contribution >= 0.6 is 0 Å². The lowest BCUT2D eigenvalue weighted by atomic mass is 9.71. The minimum absolute atomic E-state index is 0.0431. The molecule has 7 rings (SSSR count). The van der Waals surface area contributed by atoms with Gasteiger partial charge in [-0.1, -0.05) is 35.9 Å². The zero-order chi connectivity index (χ0) is 21.4. The van der Waals surface area contributed by atoms with Crippen molar-refractivity contribution < 1.29 is 0 Å². The van der Waals surface area contributed by atoms with Gasteiger partial charge in [-0.25, -0.2) is 14.3 Å². The molecule has 0 saturated heterocycles. The molecule has 4 atom stereocenters. The molecule has 5 nitrogen and oxygen atoms in total. The number of pyridine rings is 1. The van der Waals surface area contributed by atoms with Crippen LogP contribution in [0.15, 0.2) is 71.5 Å². The second kappa shape index (κ2) is 6.35. The molecule has 2 heterocycles. The van der Waals surface area contributed by atoms with Gasteiger partial charge in [0.2, 0.25) is 0 Å². The molecule has 1 spiro atoms. The van der Waals surface area contributed by atoms with Gasteiger partial charge >= 0.3 is 5.69 Å². The van der Waals surface area contributed by atoms with E-state index in [1.807, 2.05) is 48.5 Å². The fourth-order valence-corrected chi connectivity index (χ4v) is 6.52. The molecule has 5 heteroatoms. The predicted octanol–water partition coefficient (Wildman–Crippen LogP) is 5.60. The minimum atomic E-state index is 0.0431. The summed E-state index contributed by atoms with van der Waals surface area (Å²) >= 11 is 0. The third-order valence-electron chi connectivity index (χ3n) is 8.33. The van der Waals surface area contributed by atoms with E-state index >= 15 is 0 Å². The van der Waals surface area contributed by atoms with E-state index < -0.39 is 0 Å². The number of aromatic nitrogens is 3. The van der Waals surface area contributed by atoms with E-state index in [1.54, 1.807) is 4.57 Å². The summed E-state index contributed by atoms with van der Waals surface area (Å²) in [5.41, 5.74) is 5.32. The van der Waals surface area contributed by atoms with Crippen molar-refractivity contribution in [3.8, 4) is 5.69 Å². The second-order valence-electron chi connectivity index (χ2n) is 9.94. The van der Waals surface area contributed by atoms with Crippen LogP contribution in [0.4, 0.5) is 11.5 Å². The van der Waals surface area contributed by atoms with Gasteiger partial charge in [-0.05, 0) is 86.3 Å². The van der Waals surface area contributed by atoms with Crippen molar-refractivity contribution in [1.29, 1.82) is 0 Å². The van der Waals surface area contributed by atoms with Crippen LogP contribution in [-0.2, 0) is 0 Å². The molecule has 4 aromatic rings. The van der Waals surface area contributed by atoms with Gasteiger partial charge in [0, 0.05) is 11.7 Å². The predicted molar refractivity (Wildman–Crippen MR) is 127 cm³/mol. The Balaban J connectivity index is 1.40. The number of aryl methyl sites for hydroxylation is 1. The zero-order valence-corrected chi connectivity index (χ0v) is 18.2. The monoisotopic (exact) mass is 422 g/mol. The maximum Gasteiger partial charge on any atom is 0.335 e. The molecule has 0 radical (unpaired) electrons. The summed E-state index contributed by atoms with van der Waals surface area (Å²) < 4.78 is 3.88. The van der Waals surface area contributed by atoms with E-state index in [0.29, 0.717) is 17.4 Å². The Hall–Kier alpha value is -3.34. The molecule has 2 aromatic carbocycles. The fraction of sp³-hybridized carbons (Fsp3) is 0.333. The number of rotatable bonds is 4. The Morgan fingerprint density at radius 2 is 1.84 bits per heavy atom. The number of nitrogens with one attached hydrogen (secondary N) is 1. The van der Waals surface area contributed by atoms with Gasteiger partial charge in [-0.15, -0.1) is 0 Å². The minimum Gasteiger partial charge on any atom is -0.340 e. The number of imidazole rings is 1. The summed E-state index contributed by atoms with van der Waals surface area (Å²) in [4.78, 5) is 18.8. The number of para-hydroxylation sites is 1. The van der Waals surface area contributed by atoms with E-state index in [2.05, 4.69) is 35.0 Å². The van der Waals surface area contributed by atoms with E-state index in [4.69, 9.17) is 4.98 Å². The summed E-state index contributed by atoms with van der Waals surface area (Å²) in [5.74, 6) is 2.23. The van der Waals surface area contributed by atoms with Crippen LogP contribution in [0.2, 0.25) is 0 Å². The summed E-state index contributed by atoms with van der Waals surface area (Å²) in [6.45, 7) is 2.07. The van der Waals surface area contributed by atoms with Crippen LogP contribution in [-0.4, -0.2) is 14.1 Å². The van der Waals surface area contributed by atoms with E-state index in [1.165, 1.54) is 24.8 Å².